The number of phosphoric ester groups is 1. The number of aliphatic hydroxyl groups is 4. The highest BCUT2D eigenvalue weighted by Crippen LogP contribution is 2.24. The van der Waals surface area contributed by atoms with Gasteiger partial charge in [0.1, 0.15) is 24.9 Å². The first-order valence-corrected chi connectivity index (χ1v) is 5.49. The van der Waals surface area contributed by atoms with Gasteiger partial charge in [0, 0.05) is 0 Å². The highest BCUT2D eigenvalue weighted by molar-refractivity contribution is 7.43. The largest absolute Gasteiger partial charge is 0.790 e. The maximum absolute atomic E-state index is 10.7. The van der Waals surface area contributed by atoms with E-state index in [2.05, 4.69) is 4.52 Å². The fourth-order valence-corrected chi connectivity index (χ4v) is 1.10. The molecular weight excluding hydrogens is 247 g/mol. The van der Waals surface area contributed by atoms with Crippen molar-refractivity contribution in [3.8, 4) is 0 Å². The molecule has 96 valence electrons. The fraction of sp³-hybridized carbons (Fsp3) is 0.833. The zero-order valence-corrected chi connectivity index (χ0v) is 8.82. The standard InChI is InChI=1S/C6H13O9P/c7-1-3(8)5(10)6(11)4(9)2-15-16(12,13)14/h4-7,9-11H,1-2H2,(H2,12,13,14)/p-2/t4-,5+,6+/m1/s1. The number of ketones is 1. The number of Topliss-reactive ketones (excluding diaryl/α,β-unsaturated/α-hetero) is 1. The number of aliphatic hydroxyl groups excluding tert-OH is 4. The Hall–Kier alpha value is -0.380. The Kier molecular flexibility index (Phi) is 6.23. The third-order valence-electron chi connectivity index (χ3n) is 1.61. The molecule has 0 fully saturated rings. The van der Waals surface area contributed by atoms with E-state index in [4.69, 9.17) is 20.4 Å². The van der Waals surface area contributed by atoms with Gasteiger partial charge in [0.25, 0.3) is 0 Å². The van der Waals surface area contributed by atoms with Crippen molar-refractivity contribution >= 4 is 13.6 Å². The Bertz CT molecular complexity index is 273. The lowest BCUT2D eigenvalue weighted by molar-refractivity contribution is -0.343. The molecule has 0 saturated heterocycles. The molecule has 0 aliphatic rings. The molecule has 0 saturated carbocycles. The molecule has 0 heterocycles. The third kappa shape index (κ3) is 5.64. The summed E-state index contributed by atoms with van der Waals surface area (Å²) in [6, 6.07) is 0. The Morgan fingerprint density at radius 2 is 1.81 bits per heavy atom. The molecule has 10 heteroatoms. The van der Waals surface area contributed by atoms with Crippen LogP contribution in [0.3, 0.4) is 0 Å². The average molecular weight is 258 g/mol. The second-order valence-electron chi connectivity index (χ2n) is 2.87. The smallest absolute Gasteiger partial charge is 0.189 e. The summed E-state index contributed by atoms with van der Waals surface area (Å²) in [7, 11) is -5.31. The van der Waals surface area contributed by atoms with Crippen LogP contribution in [-0.4, -0.2) is 57.7 Å². The molecule has 0 aliphatic heterocycles. The lowest BCUT2D eigenvalue weighted by atomic mass is 10.1. The van der Waals surface area contributed by atoms with Crippen molar-refractivity contribution in [3.63, 3.8) is 0 Å². The van der Waals surface area contributed by atoms with E-state index in [9.17, 15) is 19.1 Å². The molecule has 0 aliphatic carbocycles. The van der Waals surface area contributed by atoms with Crippen LogP contribution in [0.1, 0.15) is 0 Å². The van der Waals surface area contributed by atoms with E-state index in [0.717, 1.165) is 0 Å². The summed E-state index contributed by atoms with van der Waals surface area (Å²) in [5.74, 6) is -1.17. The summed E-state index contributed by atoms with van der Waals surface area (Å²) in [4.78, 5) is 30.7. The first-order chi connectivity index (χ1) is 7.19. The van der Waals surface area contributed by atoms with Crippen LogP contribution < -0.4 is 9.79 Å². The number of hydrogen-bond acceptors (Lipinski definition) is 9. The summed E-state index contributed by atoms with van der Waals surface area (Å²) in [5, 5.41) is 35.4. The molecule has 0 aromatic rings. The van der Waals surface area contributed by atoms with Crippen molar-refractivity contribution in [1.29, 1.82) is 0 Å². The van der Waals surface area contributed by atoms with Crippen LogP contribution >= 0.6 is 7.82 Å². The van der Waals surface area contributed by atoms with Crippen molar-refractivity contribution in [2.24, 2.45) is 0 Å². The molecule has 0 unspecified atom stereocenters. The molecule has 0 aromatic carbocycles. The second-order valence-corrected chi connectivity index (χ2v) is 4.02. The average Bonchev–Trinajstić information content (AvgIpc) is 2.21. The van der Waals surface area contributed by atoms with E-state index in [0.29, 0.717) is 0 Å². The Morgan fingerprint density at radius 3 is 2.19 bits per heavy atom. The van der Waals surface area contributed by atoms with Crippen LogP contribution in [0.4, 0.5) is 0 Å². The molecule has 0 spiro atoms. The van der Waals surface area contributed by atoms with E-state index >= 15 is 0 Å². The molecule has 3 atom stereocenters. The molecule has 0 rings (SSSR count). The van der Waals surface area contributed by atoms with Gasteiger partial charge >= 0.3 is 0 Å². The topological polar surface area (TPSA) is 170 Å². The van der Waals surface area contributed by atoms with Crippen molar-refractivity contribution < 1.29 is 44.1 Å². The number of carbonyl (C=O) groups is 1. The van der Waals surface area contributed by atoms with Gasteiger partial charge in [-0.15, -0.1) is 0 Å². The predicted molar refractivity (Wildman–Crippen MR) is 43.7 cm³/mol. The second kappa shape index (κ2) is 6.38. The first kappa shape index (κ1) is 15.6. The van der Waals surface area contributed by atoms with Crippen LogP contribution in [0.5, 0.6) is 0 Å². The number of phosphoric acid groups is 1. The van der Waals surface area contributed by atoms with Crippen molar-refractivity contribution in [2.75, 3.05) is 13.2 Å². The zero-order chi connectivity index (χ0) is 12.9. The normalized spacial score (nSPS) is 17.9. The van der Waals surface area contributed by atoms with Gasteiger partial charge in [0.05, 0.1) is 14.4 Å². The van der Waals surface area contributed by atoms with Gasteiger partial charge in [0.15, 0.2) is 5.78 Å². The molecular formula is C6H11O9P-2. The summed E-state index contributed by atoms with van der Waals surface area (Å²) in [6.07, 6.45) is -6.12. The Balaban J connectivity index is 4.23. The summed E-state index contributed by atoms with van der Waals surface area (Å²) in [6.45, 7) is -2.16. The summed E-state index contributed by atoms with van der Waals surface area (Å²) >= 11 is 0. The van der Waals surface area contributed by atoms with Gasteiger partial charge in [-0.05, 0) is 0 Å². The number of rotatable bonds is 7. The minimum Gasteiger partial charge on any atom is -0.790 e. The Morgan fingerprint density at radius 1 is 1.31 bits per heavy atom. The molecule has 9 nitrogen and oxygen atoms in total. The fourth-order valence-electron chi connectivity index (χ4n) is 0.761. The Labute approximate surface area is 90.2 Å². The predicted octanol–water partition coefficient (Wildman–Crippen LogP) is -4.52. The molecule has 0 amide bonds. The molecule has 0 radical (unpaired) electrons. The van der Waals surface area contributed by atoms with Crippen LogP contribution in [0, 0.1) is 0 Å². The van der Waals surface area contributed by atoms with Crippen molar-refractivity contribution in [2.45, 2.75) is 18.3 Å². The maximum Gasteiger partial charge on any atom is 0.189 e. The van der Waals surface area contributed by atoms with Gasteiger partial charge in [-0.3, -0.25) is 4.79 Å². The SMILES string of the molecule is O=C(CO)[C@H](O)[C@@H](O)[C@H](O)COP(=O)([O-])[O-]. The first-order valence-electron chi connectivity index (χ1n) is 4.03. The van der Waals surface area contributed by atoms with E-state index < -0.39 is 45.1 Å². The molecule has 4 N–H and O–H groups in total. The van der Waals surface area contributed by atoms with E-state index in [1.54, 1.807) is 0 Å². The van der Waals surface area contributed by atoms with Crippen LogP contribution in [0.2, 0.25) is 0 Å². The highest BCUT2D eigenvalue weighted by Gasteiger charge is 2.29. The van der Waals surface area contributed by atoms with E-state index in [1.165, 1.54) is 0 Å². The third-order valence-corrected chi connectivity index (χ3v) is 2.07. The molecule has 16 heavy (non-hydrogen) atoms. The summed E-state index contributed by atoms with van der Waals surface area (Å²) < 4.78 is 13.6. The summed E-state index contributed by atoms with van der Waals surface area (Å²) in [5.41, 5.74) is 0. The number of hydrogen-bond donors (Lipinski definition) is 4. The minimum absolute atomic E-state index is 1.06. The van der Waals surface area contributed by atoms with Crippen molar-refractivity contribution in [1.82, 2.24) is 0 Å². The van der Waals surface area contributed by atoms with Crippen LogP contribution in [0.15, 0.2) is 0 Å². The van der Waals surface area contributed by atoms with Gasteiger partial charge in [-0.25, -0.2) is 0 Å². The molecule has 0 aromatic heterocycles. The molecule has 0 bridgehead atoms. The monoisotopic (exact) mass is 258 g/mol. The van der Waals surface area contributed by atoms with Gasteiger partial charge in [0.2, 0.25) is 0 Å². The van der Waals surface area contributed by atoms with Gasteiger partial charge in [-0.1, -0.05) is 0 Å². The lowest BCUT2D eigenvalue weighted by Crippen LogP contribution is -2.45. The minimum atomic E-state index is -5.31. The van der Waals surface area contributed by atoms with Crippen LogP contribution in [0.25, 0.3) is 0 Å². The van der Waals surface area contributed by atoms with Gasteiger partial charge < -0.3 is 39.3 Å². The quantitative estimate of drug-likeness (QED) is 0.328. The van der Waals surface area contributed by atoms with Gasteiger partial charge in [-0.2, -0.15) is 0 Å². The van der Waals surface area contributed by atoms with Crippen molar-refractivity contribution in [3.05, 3.63) is 0 Å². The van der Waals surface area contributed by atoms with E-state index in [-0.39, 0.29) is 0 Å². The van der Waals surface area contributed by atoms with Crippen LogP contribution in [-0.2, 0) is 13.9 Å². The van der Waals surface area contributed by atoms with E-state index in [1.807, 2.05) is 0 Å². The zero-order valence-electron chi connectivity index (χ0n) is 7.92. The lowest BCUT2D eigenvalue weighted by Gasteiger charge is -2.31. The highest BCUT2D eigenvalue weighted by atomic mass is 31.2. The number of carbonyl (C=O) groups excluding carboxylic acids is 1. The maximum atomic E-state index is 10.7.